The van der Waals surface area contributed by atoms with E-state index >= 15 is 0 Å². The van der Waals surface area contributed by atoms with Crippen molar-refractivity contribution in [3.8, 4) is 0 Å². The maximum atomic E-state index is 13.5. The summed E-state index contributed by atoms with van der Waals surface area (Å²) >= 11 is 0. The maximum absolute atomic E-state index is 13.5. The van der Waals surface area contributed by atoms with E-state index in [1.165, 1.54) is 16.7 Å². The van der Waals surface area contributed by atoms with E-state index in [9.17, 15) is 9.59 Å². The number of nitrogens with one attached hydrogen (secondary N) is 2. The Hall–Kier alpha value is -3.68. The van der Waals surface area contributed by atoms with Gasteiger partial charge >= 0.3 is 0 Å². The third-order valence-corrected chi connectivity index (χ3v) is 6.54. The predicted molar refractivity (Wildman–Crippen MR) is 150 cm³/mol. The Kier molecular flexibility index (Phi) is 10.2. The molecule has 1 aliphatic rings. The van der Waals surface area contributed by atoms with E-state index in [2.05, 4.69) is 41.0 Å². The van der Waals surface area contributed by atoms with Crippen LogP contribution in [0, 0.1) is 0 Å². The van der Waals surface area contributed by atoms with E-state index in [1.54, 1.807) is 5.01 Å². The van der Waals surface area contributed by atoms with E-state index < -0.39 is 0 Å². The Balaban J connectivity index is 0.00000380. The topological polar surface area (TPSA) is 67.9 Å². The van der Waals surface area contributed by atoms with Gasteiger partial charge in [0.05, 0.1) is 13.1 Å². The summed E-state index contributed by atoms with van der Waals surface area (Å²) in [5.74, 6) is -0.163. The molecule has 0 radical (unpaired) electrons. The Morgan fingerprint density at radius 1 is 0.838 bits per heavy atom. The van der Waals surface area contributed by atoms with Gasteiger partial charge in [-0.05, 0) is 41.8 Å². The summed E-state index contributed by atoms with van der Waals surface area (Å²) in [6.45, 7) is 2.84. The molecular weight excluding hydrogens is 462 g/mol. The molecule has 37 heavy (non-hydrogen) atoms. The highest BCUT2D eigenvalue weighted by Gasteiger charge is 2.27. The number of carbonyl (C=O) groups is 2. The van der Waals surface area contributed by atoms with Gasteiger partial charge in [-0.2, -0.15) is 0 Å². The first-order valence-electron chi connectivity index (χ1n) is 12.4. The smallest absolute Gasteiger partial charge is 0.256 e. The van der Waals surface area contributed by atoms with Crippen LogP contribution in [-0.4, -0.2) is 62.1 Å². The average Bonchev–Trinajstić information content (AvgIpc) is 3.33. The normalized spacial score (nSPS) is 12.4. The lowest BCUT2D eigenvalue weighted by Crippen LogP contribution is -2.48. The van der Waals surface area contributed by atoms with Crippen molar-refractivity contribution >= 4 is 17.5 Å². The minimum Gasteiger partial charge on any atom is -0.353 e. The highest BCUT2D eigenvalue weighted by molar-refractivity contribution is 5.86. The van der Waals surface area contributed by atoms with Crippen LogP contribution in [0.4, 0.5) is 5.69 Å². The predicted octanol–water partition coefficient (Wildman–Crippen LogP) is 3.44. The van der Waals surface area contributed by atoms with E-state index in [-0.39, 0.29) is 32.3 Å². The highest BCUT2D eigenvalue weighted by atomic mass is 16.2. The molecule has 1 heterocycles. The van der Waals surface area contributed by atoms with Crippen molar-refractivity contribution in [1.29, 1.82) is 0 Å². The number of hydrogen-bond acceptors (Lipinski definition) is 5. The number of fused-ring (bicyclic) bond motifs is 1. The highest BCUT2D eigenvalue weighted by Crippen LogP contribution is 2.25. The van der Waals surface area contributed by atoms with Crippen LogP contribution in [0.5, 0.6) is 0 Å². The number of carbonyl (C=O) groups excluding carboxylic acids is 2. The summed E-state index contributed by atoms with van der Waals surface area (Å²) in [6, 6.07) is 26.5. The molecule has 2 N–H and O–H groups in total. The zero-order valence-corrected chi connectivity index (χ0v) is 21.1. The Morgan fingerprint density at radius 3 is 2.14 bits per heavy atom. The molecule has 0 fully saturated rings. The van der Waals surface area contributed by atoms with Gasteiger partial charge in [0.1, 0.15) is 0 Å². The third-order valence-electron chi connectivity index (χ3n) is 6.54. The number of hydrogen-bond donors (Lipinski definition) is 2. The molecule has 0 saturated heterocycles. The lowest BCUT2D eigenvalue weighted by molar-refractivity contribution is -0.145. The summed E-state index contributed by atoms with van der Waals surface area (Å²) in [7, 11) is 3.67. The molecule has 0 aromatic heterocycles. The number of benzene rings is 3. The molecule has 4 rings (SSSR count). The quantitative estimate of drug-likeness (QED) is 0.394. The van der Waals surface area contributed by atoms with Crippen LogP contribution in [0.25, 0.3) is 0 Å². The van der Waals surface area contributed by atoms with Crippen LogP contribution in [0.1, 0.15) is 29.7 Å². The monoisotopic (exact) mass is 501 g/mol. The van der Waals surface area contributed by atoms with Gasteiger partial charge in [-0.25, -0.2) is 5.01 Å². The second-order valence-electron chi connectivity index (χ2n) is 9.11. The van der Waals surface area contributed by atoms with Gasteiger partial charge in [-0.1, -0.05) is 80.2 Å². The third kappa shape index (κ3) is 7.41. The maximum Gasteiger partial charge on any atom is 0.256 e. The Morgan fingerprint density at radius 2 is 1.46 bits per heavy atom. The molecule has 7 heteroatoms. The van der Waals surface area contributed by atoms with Gasteiger partial charge < -0.3 is 15.5 Å². The second-order valence-corrected chi connectivity index (χ2v) is 9.11. The standard InChI is InChI=1S/C29H35N5O2.CH4/c1-30-16-17-31-28(35)21-33(27-15-9-8-12-24(27)18-23-10-4-3-5-11-23)22-29(36)32(2)34-19-25-13-6-7-14-26(25)20-34;/h3-15,30H,16-22H2,1-2H3,(H,31,35);1H4. The molecule has 196 valence electrons. The van der Waals surface area contributed by atoms with E-state index in [1.807, 2.05) is 72.5 Å². The Labute approximate surface area is 221 Å². The molecule has 0 aliphatic carbocycles. The van der Waals surface area contributed by atoms with Crippen LogP contribution < -0.4 is 15.5 Å². The van der Waals surface area contributed by atoms with Crippen molar-refractivity contribution in [2.75, 3.05) is 45.2 Å². The molecule has 0 spiro atoms. The van der Waals surface area contributed by atoms with E-state index in [0.717, 1.165) is 17.7 Å². The fraction of sp³-hybridized carbons (Fsp3) is 0.333. The molecule has 3 aromatic rings. The largest absolute Gasteiger partial charge is 0.353 e. The van der Waals surface area contributed by atoms with Crippen molar-refractivity contribution in [3.05, 3.63) is 101 Å². The SMILES string of the molecule is C.CNCCNC(=O)CN(CC(=O)N(C)N1Cc2ccccc2C1)c1ccccc1Cc1ccccc1. The summed E-state index contributed by atoms with van der Waals surface area (Å²) in [6.07, 6.45) is 0.723. The molecular formula is C30H39N5O2. The number of nitrogens with zero attached hydrogens (tertiary/aromatic N) is 3. The van der Waals surface area contributed by atoms with Gasteiger partial charge in [-0.15, -0.1) is 0 Å². The molecule has 0 atom stereocenters. The number of para-hydroxylation sites is 1. The van der Waals surface area contributed by atoms with Gasteiger partial charge in [0.15, 0.2) is 0 Å². The molecule has 1 aliphatic heterocycles. The van der Waals surface area contributed by atoms with Gasteiger partial charge in [-0.3, -0.25) is 14.6 Å². The van der Waals surface area contributed by atoms with E-state index in [0.29, 0.717) is 26.2 Å². The molecule has 0 unspecified atom stereocenters. The lowest BCUT2D eigenvalue weighted by atomic mass is 10.0. The number of rotatable bonds is 11. The first-order chi connectivity index (χ1) is 17.5. The lowest BCUT2D eigenvalue weighted by Gasteiger charge is -2.32. The van der Waals surface area contributed by atoms with Gasteiger partial charge in [0.2, 0.25) is 5.91 Å². The van der Waals surface area contributed by atoms with Crippen molar-refractivity contribution in [1.82, 2.24) is 20.7 Å². The average molecular weight is 502 g/mol. The summed E-state index contributed by atoms with van der Waals surface area (Å²) in [5.41, 5.74) is 5.64. The fourth-order valence-corrected chi connectivity index (χ4v) is 4.52. The first kappa shape index (κ1) is 27.9. The van der Waals surface area contributed by atoms with Crippen LogP contribution in [0.3, 0.4) is 0 Å². The number of anilines is 1. The van der Waals surface area contributed by atoms with Crippen LogP contribution in [0.15, 0.2) is 78.9 Å². The fourth-order valence-electron chi connectivity index (χ4n) is 4.52. The molecule has 3 aromatic carbocycles. The van der Waals surface area contributed by atoms with Crippen LogP contribution >= 0.6 is 0 Å². The number of likely N-dealkylation sites (N-methyl/N-ethyl adjacent to an activating group) is 2. The van der Waals surface area contributed by atoms with Crippen molar-refractivity contribution in [2.45, 2.75) is 26.9 Å². The molecule has 0 bridgehead atoms. The van der Waals surface area contributed by atoms with Crippen LogP contribution in [0.2, 0.25) is 0 Å². The zero-order chi connectivity index (χ0) is 25.3. The van der Waals surface area contributed by atoms with Crippen LogP contribution in [-0.2, 0) is 29.1 Å². The van der Waals surface area contributed by atoms with Gasteiger partial charge in [0, 0.05) is 38.9 Å². The molecule has 0 saturated carbocycles. The minimum atomic E-state index is -0.108. The Bertz CT molecular complexity index is 1140. The molecule has 2 amide bonds. The summed E-state index contributed by atoms with van der Waals surface area (Å²) in [5, 5.41) is 9.73. The van der Waals surface area contributed by atoms with Crippen molar-refractivity contribution in [2.24, 2.45) is 0 Å². The molecule has 7 nitrogen and oxygen atoms in total. The number of hydrazine groups is 1. The van der Waals surface area contributed by atoms with Crippen molar-refractivity contribution in [3.63, 3.8) is 0 Å². The first-order valence-corrected chi connectivity index (χ1v) is 12.4. The minimum absolute atomic E-state index is 0. The number of amides is 2. The van der Waals surface area contributed by atoms with Crippen molar-refractivity contribution < 1.29 is 9.59 Å². The van der Waals surface area contributed by atoms with Gasteiger partial charge in [0.25, 0.3) is 5.91 Å². The van der Waals surface area contributed by atoms with E-state index in [4.69, 9.17) is 0 Å². The summed E-state index contributed by atoms with van der Waals surface area (Å²) < 4.78 is 0. The summed E-state index contributed by atoms with van der Waals surface area (Å²) in [4.78, 5) is 28.2. The zero-order valence-electron chi connectivity index (χ0n) is 21.1. The second kappa shape index (κ2) is 13.6.